The summed E-state index contributed by atoms with van der Waals surface area (Å²) in [5.74, 6) is 2.66. The number of nitrogens with zero attached hydrogens (tertiary/aromatic N) is 2. The SMILES string of the molecule is CCCCc1nc2cc3c(cc2n1CC(C)(C)N)OCO3. The van der Waals surface area contributed by atoms with E-state index in [4.69, 9.17) is 20.2 Å². The van der Waals surface area contributed by atoms with Gasteiger partial charge in [-0.05, 0) is 20.3 Å². The van der Waals surface area contributed by atoms with Crippen LogP contribution < -0.4 is 15.2 Å². The van der Waals surface area contributed by atoms with Crippen molar-refractivity contribution in [1.29, 1.82) is 0 Å². The highest BCUT2D eigenvalue weighted by Gasteiger charge is 2.21. The summed E-state index contributed by atoms with van der Waals surface area (Å²) in [4.78, 5) is 4.78. The normalized spacial score (nSPS) is 14.1. The van der Waals surface area contributed by atoms with E-state index in [1.165, 1.54) is 0 Å². The average molecular weight is 289 g/mol. The van der Waals surface area contributed by atoms with Gasteiger partial charge in [-0.3, -0.25) is 0 Å². The molecule has 0 unspecified atom stereocenters. The summed E-state index contributed by atoms with van der Waals surface area (Å²) in [6, 6.07) is 3.99. The molecule has 114 valence electrons. The topological polar surface area (TPSA) is 62.3 Å². The molecule has 0 aliphatic carbocycles. The van der Waals surface area contributed by atoms with Gasteiger partial charge in [-0.2, -0.15) is 0 Å². The van der Waals surface area contributed by atoms with Crippen LogP contribution in [0.25, 0.3) is 11.0 Å². The van der Waals surface area contributed by atoms with Crippen molar-refractivity contribution in [3.05, 3.63) is 18.0 Å². The van der Waals surface area contributed by atoms with Crippen LogP contribution in [-0.2, 0) is 13.0 Å². The van der Waals surface area contributed by atoms with E-state index < -0.39 is 0 Å². The average Bonchev–Trinajstić information content (AvgIpc) is 2.97. The molecule has 0 fully saturated rings. The van der Waals surface area contributed by atoms with Crippen molar-refractivity contribution in [1.82, 2.24) is 9.55 Å². The van der Waals surface area contributed by atoms with E-state index >= 15 is 0 Å². The first-order valence-electron chi connectivity index (χ1n) is 7.55. The number of hydrogen-bond donors (Lipinski definition) is 1. The molecule has 2 heterocycles. The van der Waals surface area contributed by atoms with Crippen LogP contribution >= 0.6 is 0 Å². The maximum atomic E-state index is 6.22. The Hall–Kier alpha value is -1.75. The smallest absolute Gasteiger partial charge is 0.231 e. The molecule has 0 saturated carbocycles. The van der Waals surface area contributed by atoms with Gasteiger partial charge in [0.15, 0.2) is 11.5 Å². The van der Waals surface area contributed by atoms with Crippen LogP contribution in [0.15, 0.2) is 12.1 Å². The highest BCUT2D eigenvalue weighted by Crippen LogP contribution is 2.36. The minimum atomic E-state index is -0.287. The molecule has 5 nitrogen and oxygen atoms in total. The number of aryl methyl sites for hydroxylation is 1. The van der Waals surface area contributed by atoms with Gasteiger partial charge in [-0.1, -0.05) is 13.3 Å². The van der Waals surface area contributed by atoms with Gasteiger partial charge in [-0.15, -0.1) is 0 Å². The van der Waals surface area contributed by atoms with E-state index in [9.17, 15) is 0 Å². The molecule has 1 aromatic carbocycles. The summed E-state index contributed by atoms with van der Waals surface area (Å²) in [5, 5.41) is 0. The minimum absolute atomic E-state index is 0.285. The van der Waals surface area contributed by atoms with Crippen LogP contribution in [0.3, 0.4) is 0 Å². The van der Waals surface area contributed by atoms with E-state index in [1.807, 2.05) is 26.0 Å². The van der Waals surface area contributed by atoms with Gasteiger partial charge >= 0.3 is 0 Å². The second kappa shape index (κ2) is 5.22. The predicted octanol–water partition coefficient (Wildman–Crippen LogP) is 2.84. The quantitative estimate of drug-likeness (QED) is 0.919. The molecule has 5 heteroatoms. The van der Waals surface area contributed by atoms with E-state index in [-0.39, 0.29) is 12.3 Å². The van der Waals surface area contributed by atoms with Crippen LogP contribution in [-0.4, -0.2) is 21.9 Å². The van der Waals surface area contributed by atoms with E-state index in [2.05, 4.69) is 11.5 Å². The molecule has 2 N–H and O–H groups in total. The van der Waals surface area contributed by atoms with Gasteiger partial charge in [0.1, 0.15) is 5.82 Å². The Bertz CT molecular complexity index is 656. The van der Waals surface area contributed by atoms with Crippen molar-refractivity contribution in [3.63, 3.8) is 0 Å². The maximum Gasteiger partial charge on any atom is 0.231 e. The molecular weight excluding hydrogens is 266 g/mol. The predicted molar refractivity (Wildman–Crippen MR) is 82.7 cm³/mol. The van der Waals surface area contributed by atoms with Gasteiger partial charge in [0.05, 0.1) is 11.0 Å². The Morgan fingerprint density at radius 1 is 1.29 bits per heavy atom. The number of rotatable bonds is 5. The summed E-state index contributed by atoms with van der Waals surface area (Å²) in [6.07, 6.45) is 3.24. The van der Waals surface area contributed by atoms with Crippen LogP contribution in [0.1, 0.15) is 39.4 Å². The third kappa shape index (κ3) is 2.83. The van der Waals surface area contributed by atoms with Gasteiger partial charge < -0.3 is 19.8 Å². The Balaban J connectivity index is 2.09. The molecule has 3 rings (SSSR count). The highest BCUT2D eigenvalue weighted by atomic mass is 16.7. The number of ether oxygens (including phenoxy) is 2. The number of aromatic nitrogens is 2. The first-order chi connectivity index (χ1) is 9.98. The van der Waals surface area contributed by atoms with E-state index in [1.54, 1.807) is 0 Å². The zero-order chi connectivity index (χ0) is 15.0. The Kier molecular flexibility index (Phi) is 3.53. The Labute approximate surface area is 125 Å². The Morgan fingerprint density at radius 3 is 2.67 bits per heavy atom. The van der Waals surface area contributed by atoms with Gasteiger partial charge in [-0.25, -0.2) is 4.98 Å². The summed E-state index contributed by atoms with van der Waals surface area (Å²) in [5.41, 5.74) is 7.96. The fourth-order valence-electron chi connectivity index (χ4n) is 2.67. The van der Waals surface area contributed by atoms with Crippen LogP contribution in [0.2, 0.25) is 0 Å². The molecule has 0 spiro atoms. The summed E-state index contributed by atoms with van der Waals surface area (Å²) >= 11 is 0. The second-order valence-electron chi connectivity index (χ2n) is 6.40. The third-order valence-electron chi connectivity index (χ3n) is 3.64. The zero-order valence-electron chi connectivity index (χ0n) is 13.0. The van der Waals surface area contributed by atoms with Gasteiger partial charge in [0, 0.05) is 30.6 Å². The lowest BCUT2D eigenvalue weighted by Gasteiger charge is -2.21. The van der Waals surface area contributed by atoms with Crippen molar-refractivity contribution in [2.24, 2.45) is 5.73 Å². The zero-order valence-corrected chi connectivity index (χ0v) is 13.0. The van der Waals surface area contributed by atoms with E-state index in [0.717, 1.165) is 54.2 Å². The molecule has 2 aromatic rings. The minimum Gasteiger partial charge on any atom is -0.454 e. The van der Waals surface area contributed by atoms with Crippen molar-refractivity contribution in [2.75, 3.05) is 6.79 Å². The fraction of sp³-hybridized carbons (Fsp3) is 0.562. The highest BCUT2D eigenvalue weighted by molar-refractivity contribution is 5.81. The van der Waals surface area contributed by atoms with E-state index in [0.29, 0.717) is 0 Å². The maximum absolute atomic E-state index is 6.22. The fourth-order valence-corrected chi connectivity index (χ4v) is 2.67. The van der Waals surface area contributed by atoms with Crippen molar-refractivity contribution in [3.8, 4) is 11.5 Å². The van der Waals surface area contributed by atoms with Crippen LogP contribution in [0.5, 0.6) is 11.5 Å². The number of benzene rings is 1. The number of hydrogen-bond acceptors (Lipinski definition) is 4. The number of nitrogens with two attached hydrogens (primary N) is 1. The molecule has 21 heavy (non-hydrogen) atoms. The summed E-state index contributed by atoms with van der Waals surface area (Å²) < 4.78 is 13.2. The van der Waals surface area contributed by atoms with Gasteiger partial charge in [0.2, 0.25) is 6.79 Å². The molecule has 0 saturated heterocycles. The second-order valence-corrected chi connectivity index (χ2v) is 6.40. The molecule has 0 amide bonds. The molecule has 0 atom stereocenters. The third-order valence-corrected chi connectivity index (χ3v) is 3.64. The Morgan fingerprint density at radius 2 is 2.00 bits per heavy atom. The lowest BCUT2D eigenvalue weighted by molar-refractivity contribution is 0.174. The van der Waals surface area contributed by atoms with Crippen molar-refractivity contribution < 1.29 is 9.47 Å². The lowest BCUT2D eigenvalue weighted by Crippen LogP contribution is -2.37. The summed E-state index contributed by atoms with van der Waals surface area (Å²) in [7, 11) is 0. The standard InChI is InChI=1S/C16H23N3O2/c1-4-5-6-15-18-11-7-13-14(21-10-20-13)8-12(11)19(15)9-16(2,3)17/h7-8H,4-6,9-10,17H2,1-3H3. The van der Waals surface area contributed by atoms with Gasteiger partial charge in [0.25, 0.3) is 0 Å². The van der Waals surface area contributed by atoms with Crippen LogP contribution in [0, 0.1) is 0 Å². The van der Waals surface area contributed by atoms with Crippen molar-refractivity contribution in [2.45, 2.75) is 52.1 Å². The lowest BCUT2D eigenvalue weighted by atomic mass is 10.1. The number of fused-ring (bicyclic) bond motifs is 2. The van der Waals surface area contributed by atoms with Crippen LogP contribution in [0.4, 0.5) is 0 Å². The molecular formula is C16H23N3O2. The summed E-state index contributed by atoms with van der Waals surface area (Å²) in [6.45, 7) is 7.29. The first-order valence-corrected chi connectivity index (χ1v) is 7.55. The molecule has 0 bridgehead atoms. The molecule has 1 aromatic heterocycles. The molecule has 0 radical (unpaired) electrons. The monoisotopic (exact) mass is 289 g/mol. The number of unbranched alkanes of at least 4 members (excludes halogenated alkanes) is 1. The number of imidazole rings is 1. The first kappa shape index (κ1) is 14.2. The van der Waals surface area contributed by atoms with Crippen molar-refractivity contribution >= 4 is 11.0 Å². The molecule has 1 aliphatic rings. The largest absolute Gasteiger partial charge is 0.454 e. The molecule has 1 aliphatic heterocycles.